The number of nitrogens with one attached hydrogen (secondary N) is 1. The normalized spacial score (nSPS) is 13.4. The number of primary sulfonamides is 1. The number of benzene rings is 2. The molecule has 3 rings (SSSR count). The molecular formula is C28H29ClF4N2O6S. The lowest BCUT2D eigenvalue weighted by Gasteiger charge is -2.11. The Morgan fingerprint density at radius 3 is 2.45 bits per heavy atom. The molecule has 0 aliphatic heterocycles. The predicted molar refractivity (Wildman–Crippen MR) is 150 cm³/mol. The van der Waals surface area contributed by atoms with E-state index in [1.54, 1.807) is 18.2 Å². The maximum Gasteiger partial charge on any atom is 0.416 e. The Kier molecular flexibility index (Phi) is 12.8. The zero-order valence-electron chi connectivity index (χ0n) is 22.6. The van der Waals surface area contributed by atoms with Crippen LogP contribution in [-0.4, -0.2) is 39.6 Å². The molecule has 0 unspecified atom stereocenters. The molecule has 0 spiro atoms. The van der Waals surface area contributed by atoms with Crippen LogP contribution in [-0.2, 0) is 25.7 Å². The van der Waals surface area contributed by atoms with Gasteiger partial charge in [0.05, 0.1) is 23.5 Å². The van der Waals surface area contributed by atoms with Crippen LogP contribution in [0.5, 0.6) is 5.75 Å². The number of nitrogens with two attached hydrogens (primary N) is 1. The molecule has 3 N–H and O–H groups in total. The maximum absolute atomic E-state index is 12.5. The lowest BCUT2D eigenvalue weighted by molar-refractivity contribution is -0.137. The molecule has 0 saturated carbocycles. The van der Waals surface area contributed by atoms with Crippen molar-refractivity contribution < 1.29 is 45.0 Å². The van der Waals surface area contributed by atoms with Crippen molar-refractivity contribution in [2.75, 3.05) is 19.0 Å². The number of amides is 1. The smallest absolute Gasteiger partial charge is 0.416 e. The minimum atomic E-state index is -4.47. The average molecular weight is 633 g/mol. The molecule has 1 amide bonds. The van der Waals surface area contributed by atoms with Crippen LogP contribution in [0.3, 0.4) is 0 Å². The molecule has 8 nitrogen and oxygen atoms in total. The molecule has 14 heteroatoms. The van der Waals surface area contributed by atoms with Crippen molar-refractivity contribution in [3.05, 3.63) is 99.2 Å². The number of rotatable bonds is 10. The van der Waals surface area contributed by atoms with Gasteiger partial charge in [0.2, 0.25) is 10.0 Å². The van der Waals surface area contributed by atoms with Gasteiger partial charge in [0.25, 0.3) is 5.91 Å². The SMILES string of the molecule is CC1=CC(OCCCS(N)(=O)=O)=CC=C(NC(=O)COc2ccc(Cl)cc2C=O)C1.Cc1cc(F)cc(C(F)(F)F)c1. The number of ether oxygens (including phenoxy) is 2. The van der Waals surface area contributed by atoms with E-state index in [0.29, 0.717) is 35.3 Å². The lowest BCUT2D eigenvalue weighted by atomic mass is 10.1. The van der Waals surface area contributed by atoms with Crippen molar-refractivity contribution in [2.45, 2.75) is 32.9 Å². The first kappa shape index (κ1) is 34.5. The number of aryl methyl sites for hydroxylation is 1. The molecule has 42 heavy (non-hydrogen) atoms. The topological polar surface area (TPSA) is 125 Å². The molecule has 0 radical (unpaired) electrons. The van der Waals surface area contributed by atoms with E-state index in [9.17, 15) is 35.6 Å². The van der Waals surface area contributed by atoms with Gasteiger partial charge in [-0.1, -0.05) is 17.2 Å². The van der Waals surface area contributed by atoms with Crippen LogP contribution in [0.4, 0.5) is 17.6 Å². The first-order valence-corrected chi connectivity index (χ1v) is 14.4. The Morgan fingerprint density at radius 2 is 1.83 bits per heavy atom. The summed E-state index contributed by atoms with van der Waals surface area (Å²) in [6, 6.07) is 6.99. The monoisotopic (exact) mass is 632 g/mol. The van der Waals surface area contributed by atoms with E-state index in [4.69, 9.17) is 26.2 Å². The largest absolute Gasteiger partial charge is 0.494 e. The number of carbonyl (C=O) groups excluding carboxylic acids is 2. The second kappa shape index (κ2) is 15.5. The molecule has 0 saturated heterocycles. The fourth-order valence-electron chi connectivity index (χ4n) is 3.51. The Hall–Kier alpha value is -3.68. The third-order valence-electron chi connectivity index (χ3n) is 5.28. The van der Waals surface area contributed by atoms with Crippen LogP contribution in [0.1, 0.15) is 41.3 Å². The number of hydrogen-bond acceptors (Lipinski definition) is 6. The summed E-state index contributed by atoms with van der Waals surface area (Å²) in [4.78, 5) is 23.3. The van der Waals surface area contributed by atoms with Crippen LogP contribution in [0, 0.1) is 12.7 Å². The van der Waals surface area contributed by atoms with Gasteiger partial charge in [-0.05, 0) is 80.5 Å². The summed E-state index contributed by atoms with van der Waals surface area (Å²) in [5.41, 5.74) is 1.17. The van der Waals surface area contributed by atoms with E-state index in [-0.39, 0.29) is 48.2 Å². The van der Waals surface area contributed by atoms with E-state index in [1.165, 1.54) is 19.1 Å². The van der Waals surface area contributed by atoms with E-state index < -0.39 is 27.6 Å². The number of aldehydes is 1. The number of allylic oxidation sites excluding steroid dienone is 4. The summed E-state index contributed by atoms with van der Waals surface area (Å²) in [7, 11) is -3.51. The fraction of sp³-hybridized carbons (Fsp3) is 0.286. The zero-order valence-corrected chi connectivity index (χ0v) is 24.2. The van der Waals surface area contributed by atoms with Crippen molar-refractivity contribution in [2.24, 2.45) is 5.14 Å². The summed E-state index contributed by atoms with van der Waals surface area (Å²) < 4.78 is 81.3. The minimum Gasteiger partial charge on any atom is -0.494 e. The fourth-order valence-corrected chi connectivity index (χ4v) is 4.21. The first-order valence-electron chi connectivity index (χ1n) is 12.3. The lowest BCUT2D eigenvalue weighted by Crippen LogP contribution is -2.28. The summed E-state index contributed by atoms with van der Waals surface area (Å²) >= 11 is 5.83. The van der Waals surface area contributed by atoms with Gasteiger partial charge in [-0.25, -0.2) is 17.9 Å². The Bertz CT molecular complexity index is 1470. The van der Waals surface area contributed by atoms with Crippen molar-refractivity contribution in [1.29, 1.82) is 0 Å². The summed E-state index contributed by atoms with van der Waals surface area (Å²) in [5, 5.41) is 8.12. The quantitative estimate of drug-likeness (QED) is 0.199. The third-order valence-corrected chi connectivity index (χ3v) is 6.37. The highest BCUT2D eigenvalue weighted by Gasteiger charge is 2.30. The second-order valence-electron chi connectivity index (χ2n) is 9.15. The zero-order chi connectivity index (χ0) is 31.5. The molecule has 0 atom stereocenters. The maximum atomic E-state index is 12.5. The molecular weight excluding hydrogens is 604 g/mol. The van der Waals surface area contributed by atoms with Crippen LogP contribution in [0.15, 0.2) is 71.7 Å². The molecule has 0 bridgehead atoms. The van der Waals surface area contributed by atoms with Gasteiger partial charge in [0.15, 0.2) is 12.9 Å². The van der Waals surface area contributed by atoms with Crippen molar-refractivity contribution in [3.63, 3.8) is 0 Å². The van der Waals surface area contributed by atoms with Crippen LogP contribution in [0.2, 0.25) is 5.02 Å². The molecule has 0 heterocycles. The van der Waals surface area contributed by atoms with Crippen molar-refractivity contribution in [3.8, 4) is 5.75 Å². The number of alkyl halides is 3. The predicted octanol–water partition coefficient (Wildman–Crippen LogP) is 5.61. The first-order chi connectivity index (χ1) is 19.6. The molecule has 0 fully saturated rings. The van der Waals surface area contributed by atoms with Gasteiger partial charge >= 0.3 is 6.18 Å². The summed E-state index contributed by atoms with van der Waals surface area (Å²) in [6.07, 6.45) is 2.12. The highest BCUT2D eigenvalue weighted by atomic mass is 35.5. The van der Waals surface area contributed by atoms with E-state index in [1.807, 2.05) is 13.0 Å². The third kappa shape index (κ3) is 12.9. The van der Waals surface area contributed by atoms with Crippen LogP contribution in [0.25, 0.3) is 0 Å². The van der Waals surface area contributed by atoms with E-state index in [0.717, 1.165) is 17.7 Å². The molecule has 1 aliphatic carbocycles. The number of sulfonamides is 1. The molecule has 2 aromatic carbocycles. The summed E-state index contributed by atoms with van der Waals surface area (Å²) in [6.45, 7) is 3.23. The second-order valence-corrected chi connectivity index (χ2v) is 11.3. The molecule has 0 aromatic heterocycles. The highest BCUT2D eigenvalue weighted by molar-refractivity contribution is 7.89. The van der Waals surface area contributed by atoms with Gasteiger partial charge in [0.1, 0.15) is 17.3 Å². The average Bonchev–Trinajstić information content (AvgIpc) is 3.04. The van der Waals surface area contributed by atoms with Gasteiger partial charge in [-0.3, -0.25) is 9.59 Å². The van der Waals surface area contributed by atoms with Crippen molar-refractivity contribution in [1.82, 2.24) is 5.32 Å². The van der Waals surface area contributed by atoms with Gasteiger partial charge in [0, 0.05) is 17.1 Å². The number of hydrogen-bond donors (Lipinski definition) is 2. The molecule has 228 valence electrons. The standard InChI is InChI=1S/C20H23ClN2O6S.C8H6F4/c1-14-9-17(4-5-18(10-14)28-7-2-8-30(22,26)27)23-20(25)13-29-19-6-3-16(21)11-15(19)12-24;1-5-2-6(8(10,11)12)4-7(9)3-5/h3-6,10-12H,2,7-9,13H2,1H3,(H,23,25)(H2,22,26,27);2-4H,1H3. The van der Waals surface area contributed by atoms with Crippen LogP contribution >= 0.6 is 11.6 Å². The number of halogens is 5. The molecule has 1 aliphatic rings. The Balaban J connectivity index is 0.000000428. The Morgan fingerprint density at radius 1 is 1.12 bits per heavy atom. The van der Waals surface area contributed by atoms with Gasteiger partial charge < -0.3 is 14.8 Å². The van der Waals surface area contributed by atoms with Crippen molar-refractivity contribution >= 4 is 33.8 Å². The van der Waals surface area contributed by atoms with Gasteiger partial charge in [-0.2, -0.15) is 13.2 Å². The van der Waals surface area contributed by atoms with E-state index >= 15 is 0 Å². The highest BCUT2D eigenvalue weighted by Crippen LogP contribution is 2.30. The van der Waals surface area contributed by atoms with Gasteiger partial charge in [-0.15, -0.1) is 0 Å². The molecule has 2 aromatic rings. The Labute approximate surface area is 245 Å². The number of carbonyl (C=O) groups is 2. The summed E-state index contributed by atoms with van der Waals surface area (Å²) in [5.74, 6) is -0.571. The minimum absolute atomic E-state index is 0.153. The van der Waals surface area contributed by atoms with E-state index in [2.05, 4.69) is 5.32 Å². The van der Waals surface area contributed by atoms with Crippen LogP contribution < -0.4 is 15.2 Å².